The Morgan fingerprint density at radius 3 is 1.94 bits per heavy atom. The molecule has 0 aliphatic heterocycles. The molecule has 2 aromatic heterocycles. The highest BCUT2D eigenvalue weighted by molar-refractivity contribution is 6.18. The van der Waals surface area contributed by atoms with Crippen LogP contribution in [0.3, 0.4) is 0 Å². The first-order valence-corrected chi connectivity index (χ1v) is 17.8. The van der Waals surface area contributed by atoms with Gasteiger partial charge < -0.3 is 4.42 Å². The van der Waals surface area contributed by atoms with E-state index in [-0.39, 0.29) is 0 Å². The maximum atomic E-state index is 6.54. The molecular weight excluding hydrogens is 635 g/mol. The third-order valence-corrected chi connectivity index (χ3v) is 10.8. The molecule has 2 heterocycles. The first-order chi connectivity index (χ1) is 25.7. The molecule has 7 aromatic carbocycles. The third-order valence-electron chi connectivity index (χ3n) is 10.8. The van der Waals surface area contributed by atoms with E-state index >= 15 is 0 Å². The summed E-state index contributed by atoms with van der Waals surface area (Å²) in [4.78, 5) is 0. The second kappa shape index (κ2) is 12.0. The van der Waals surface area contributed by atoms with Gasteiger partial charge in [0.1, 0.15) is 22.6 Å². The van der Waals surface area contributed by atoms with E-state index in [9.17, 15) is 0 Å². The first-order valence-electron chi connectivity index (χ1n) is 17.8. The van der Waals surface area contributed by atoms with E-state index in [1.54, 1.807) is 0 Å². The minimum Gasteiger partial charge on any atom is -0.456 e. The third kappa shape index (κ3) is 4.65. The van der Waals surface area contributed by atoms with Gasteiger partial charge in [-0.2, -0.15) is 0 Å². The van der Waals surface area contributed by atoms with E-state index in [2.05, 4.69) is 153 Å². The first kappa shape index (κ1) is 30.2. The van der Waals surface area contributed by atoms with Crippen molar-refractivity contribution in [3.05, 3.63) is 174 Å². The highest BCUT2D eigenvalue weighted by Crippen LogP contribution is 2.51. The second-order valence-electron chi connectivity index (χ2n) is 13.7. The molecule has 52 heavy (non-hydrogen) atoms. The molecule has 0 radical (unpaired) electrons. The molecule has 1 aliphatic rings. The number of fused-ring (bicyclic) bond motifs is 6. The lowest BCUT2D eigenvalue weighted by Crippen LogP contribution is -2.05. The summed E-state index contributed by atoms with van der Waals surface area (Å²) in [7, 11) is 0. The van der Waals surface area contributed by atoms with Gasteiger partial charge in [0.2, 0.25) is 0 Å². The quantitative estimate of drug-likeness (QED) is 0.183. The fourth-order valence-electron chi connectivity index (χ4n) is 8.27. The van der Waals surface area contributed by atoms with Gasteiger partial charge in [-0.05, 0) is 99.3 Å². The summed E-state index contributed by atoms with van der Waals surface area (Å²) >= 11 is 0. The summed E-state index contributed by atoms with van der Waals surface area (Å²) in [6.45, 7) is 4.46. The zero-order chi connectivity index (χ0) is 34.8. The van der Waals surface area contributed by atoms with Crippen molar-refractivity contribution in [2.75, 3.05) is 0 Å². The van der Waals surface area contributed by atoms with Crippen LogP contribution in [0.25, 0.3) is 89.0 Å². The highest BCUT2D eigenvalue weighted by atomic mass is 16.3. The van der Waals surface area contributed by atoms with Crippen LogP contribution in [0.15, 0.2) is 156 Å². The van der Waals surface area contributed by atoms with E-state index in [0.717, 1.165) is 78.7 Å². The molecular formula is C48H33N3O. The summed E-state index contributed by atoms with van der Waals surface area (Å²) in [6, 6.07) is 53.4. The van der Waals surface area contributed by atoms with Crippen LogP contribution in [0.1, 0.15) is 22.3 Å². The van der Waals surface area contributed by atoms with E-state index < -0.39 is 0 Å². The molecule has 10 rings (SSSR count). The van der Waals surface area contributed by atoms with E-state index in [4.69, 9.17) is 14.6 Å². The van der Waals surface area contributed by atoms with Crippen molar-refractivity contribution in [3.8, 4) is 67.0 Å². The van der Waals surface area contributed by atoms with E-state index in [1.165, 1.54) is 38.9 Å². The van der Waals surface area contributed by atoms with Gasteiger partial charge in [-0.25, -0.2) is 0 Å². The lowest BCUT2D eigenvalue weighted by Gasteiger charge is -2.22. The Labute approximate surface area is 302 Å². The summed E-state index contributed by atoms with van der Waals surface area (Å²) in [6.07, 6.45) is 0.840. The molecule has 0 fully saturated rings. The summed E-state index contributed by atoms with van der Waals surface area (Å²) < 4.78 is 6.54. The standard InChI is InChI=1S/C48H33N3O/c1-29-27-39-35-21-10-9-19-33(35)28-40(39)43(30(29)2)46-47(32-17-7-4-8-18-32)49-51-50-48(46)38-25-26-42-45(37-23-13-14-24-41(37)52-42)44(38)36-22-12-11-20-34(36)31-15-5-3-6-16-31/h3-27H,28H2,1-2H3. The molecule has 4 heteroatoms. The fourth-order valence-corrected chi connectivity index (χ4v) is 8.27. The predicted molar refractivity (Wildman–Crippen MR) is 212 cm³/mol. The Balaban J connectivity index is 1.37. The SMILES string of the molecule is Cc1cc2c(c(-c3c(-c4ccccc4)nnnc3-c3ccc4oc5ccccc5c4c3-c3ccccc3-c3ccccc3)c1C)Cc1ccccc1-2. The number of nitrogens with zero attached hydrogens (tertiary/aromatic N) is 3. The van der Waals surface area contributed by atoms with Gasteiger partial charge in [0.15, 0.2) is 0 Å². The zero-order valence-electron chi connectivity index (χ0n) is 28.9. The van der Waals surface area contributed by atoms with Crippen LogP contribution in [0.2, 0.25) is 0 Å². The number of aromatic nitrogens is 3. The zero-order valence-corrected chi connectivity index (χ0v) is 28.9. The van der Waals surface area contributed by atoms with Crippen LogP contribution in [0.4, 0.5) is 0 Å². The van der Waals surface area contributed by atoms with Crippen LogP contribution in [0.5, 0.6) is 0 Å². The Morgan fingerprint density at radius 1 is 0.481 bits per heavy atom. The summed E-state index contributed by atoms with van der Waals surface area (Å²) in [5.41, 5.74) is 19.6. The summed E-state index contributed by atoms with van der Waals surface area (Å²) in [5.74, 6) is 0. The summed E-state index contributed by atoms with van der Waals surface area (Å²) in [5, 5.41) is 16.5. The second-order valence-corrected chi connectivity index (χ2v) is 13.7. The molecule has 0 atom stereocenters. The lowest BCUT2D eigenvalue weighted by molar-refractivity contribution is 0.669. The number of aryl methyl sites for hydroxylation is 1. The van der Waals surface area contributed by atoms with Crippen LogP contribution in [-0.2, 0) is 6.42 Å². The lowest BCUT2D eigenvalue weighted by atomic mass is 9.82. The molecule has 0 amide bonds. The molecule has 0 spiro atoms. The number of hydrogen-bond acceptors (Lipinski definition) is 4. The normalized spacial score (nSPS) is 12.0. The van der Waals surface area contributed by atoms with Gasteiger partial charge >= 0.3 is 0 Å². The van der Waals surface area contributed by atoms with E-state index in [1.807, 2.05) is 18.2 Å². The van der Waals surface area contributed by atoms with Gasteiger partial charge in [-0.15, -0.1) is 10.2 Å². The minimum absolute atomic E-state index is 0.797. The molecule has 0 saturated heterocycles. The molecule has 0 unspecified atom stereocenters. The highest BCUT2D eigenvalue weighted by Gasteiger charge is 2.30. The maximum absolute atomic E-state index is 6.54. The van der Waals surface area contributed by atoms with Crippen molar-refractivity contribution in [3.63, 3.8) is 0 Å². The fraction of sp³-hybridized carbons (Fsp3) is 0.0625. The van der Waals surface area contributed by atoms with Crippen LogP contribution in [-0.4, -0.2) is 15.4 Å². The van der Waals surface area contributed by atoms with Crippen molar-refractivity contribution < 1.29 is 4.42 Å². The average Bonchev–Trinajstić information content (AvgIpc) is 3.77. The van der Waals surface area contributed by atoms with Crippen molar-refractivity contribution >= 4 is 21.9 Å². The Kier molecular flexibility index (Phi) is 6.97. The van der Waals surface area contributed by atoms with Gasteiger partial charge in [0.05, 0.1) is 0 Å². The van der Waals surface area contributed by atoms with E-state index in [0.29, 0.717) is 0 Å². The molecule has 0 saturated carbocycles. The number of hydrogen-bond donors (Lipinski definition) is 0. The van der Waals surface area contributed by atoms with Gasteiger partial charge in [0.25, 0.3) is 0 Å². The number of para-hydroxylation sites is 1. The minimum atomic E-state index is 0.797. The number of rotatable bonds is 5. The molecule has 1 aliphatic carbocycles. The predicted octanol–water partition coefficient (Wildman–Crippen LogP) is 12.3. The van der Waals surface area contributed by atoms with Crippen LogP contribution < -0.4 is 0 Å². The van der Waals surface area contributed by atoms with Crippen molar-refractivity contribution in [1.29, 1.82) is 0 Å². The molecule has 246 valence electrons. The molecule has 0 N–H and O–H groups in total. The van der Waals surface area contributed by atoms with Crippen molar-refractivity contribution in [2.45, 2.75) is 20.3 Å². The molecule has 0 bridgehead atoms. The smallest absolute Gasteiger partial charge is 0.136 e. The van der Waals surface area contributed by atoms with Gasteiger partial charge in [0, 0.05) is 33.0 Å². The number of furan rings is 1. The maximum Gasteiger partial charge on any atom is 0.136 e. The Bertz CT molecular complexity index is 2840. The average molecular weight is 668 g/mol. The van der Waals surface area contributed by atoms with Gasteiger partial charge in [-0.3, -0.25) is 0 Å². The van der Waals surface area contributed by atoms with Gasteiger partial charge in [-0.1, -0.05) is 133 Å². The van der Waals surface area contributed by atoms with Crippen molar-refractivity contribution in [2.24, 2.45) is 0 Å². The Hall–Kier alpha value is -6.65. The molecule has 4 nitrogen and oxygen atoms in total. The largest absolute Gasteiger partial charge is 0.456 e. The van der Waals surface area contributed by atoms with Crippen LogP contribution in [0, 0.1) is 13.8 Å². The Morgan fingerprint density at radius 2 is 1.13 bits per heavy atom. The molecule has 9 aromatic rings. The monoisotopic (exact) mass is 667 g/mol. The number of benzene rings is 7. The van der Waals surface area contributed by atoms with Crippen molar-refractivity contribution in [1.82, 2.24) is 15.4 Å². The van der Waals surface area contributed by atoms with Crippen LogP contribution >= 0.6 is 0 Å². The topological polar surface area (TPSA) is 51.8 Å².